The highest BCUT2D eigenvalue weighted by molar-refractivity contribution is 14.1. The zero-order valence-corrected chi connectivity index (χ0v) is 10.1. The van der Waals surface area contributed by atoms with Gasteiger partial charge in [0.15, 0.2) is 0 Å². The highest BCUT2D eigenvalue weighted by Crippen LogP contribution is 2.35. The Morgan fingerprint density at radius 1 is 1.58 bits per heavy atom. The zero-order chi connectivity index (χ0) is 9.30. The first-order chi connectivity index (χ1) is 5.54. The molecule has 0 saturated heterocycles. The summed E-state index contributed by atoms with van der Waals surface area (Å²) in [6.07, 6.45) is 0. The van der Waals surface area contributed by atoms with Crippen molar-refractivity contribution in [3.63, 3.8) is 0 Å². The van der Waals surface area contributed by atoms with Gasteiger partial charge in [0, 0.05) is 4.47 Å². The standard InChI is InChI=1S/C6H2BrClINO2/c7-3-1-2-4(9)6(5(3)8)10(11)12/h1-2H. The molecule has 0 bridgehead atoms. The van der Waals surface area contributed by atoms with Crippen molar-refractivity contribution in [2.45, 2.75) is 0 Å². The minimum Gasteiger partial charge on any atom is -0.258 e. The quantitative estimate of drug-likeness (QED) is 0.331. The molecule has 12 heavy (non-hydrogen) atoms. The van der Waals surface area contributed by atoms with Crippen LogP contribution >= 0.6 is 50.1 Å². The monoisotopic (exact) mass is 361 g/mol. The number of benzene rings is 1. The molecule has 0 amide bonds. The molecule has 0 spiro atoms. The van der Waals surface area contributed by atoms with Crippen LogP contribution in [0.25, 0.3) is 0 Å². The van der Waals surface area contributed by atoms with Crippen LogP contribution in [-0.4, -0.2) is 4.92 Å². The predicted octanol–water partition coefficient (Wildman–Crippen LogP) is 3.62. The van der Waals surface area contributed by atoms with Crippen molar-refractivity contribution in [1.82, 2.24) is 0 Å². The average Bonchev–Trinajstić information content (AvgIpc) is 1.97. The lowest BCUT2D eigenvalue weighted by Gasteiger charge is -1.99. The summed E-state index contributed by atoms with van der Waals surface area (Å²) < 4.78 is 1.07. The molecule has 0 aromatic heterocycles. The molecule has 0 aliphatic carbocycles. The van der Waals surface area contributed by atoms with Gasteiger partial charge in [-0.1, -0.05) is 11.6 Å². The molecule has 0 saturated carbocycles. The topological polar surface area (TPSA) is 43.1 Å². The number of hydrogen-bond donors (Lipinski definition) is 0. The Bertz CT molecular complexity index is 345. The number of nitro benzene ring substituents is 1. The lowest BCUT2D eigenvalue weighted by atomic mass is 10.3. The third-order valence-electron chi connectivity index (χ3n) is 1.20. The van der Waals surface area contributed by atoms with Crippen molar-refractivity contribution >= 4 is 55.8 Å². The van der Waals surface area contributed by atoms with Gasteiger partial charge in [0.2, 0.25) is 0 Å². The molecular weight excluding hydrogens is 360 g/mol. The summed E-state index contributed by atoms with van der Waals surface area (Å²) in [6, 6.07) is 3.31. The first-order valence-electron chi connectivity index (χ1n) is 2.82. The fourth-order valence-corrected chi connectivity index (χ4v) is 2.04. The molecule has 64 valence electrons. The molecule has 1 aromatic rings. The van der Waals surface area contributed by atoms with Gasteiger partial charge in [-0.25, -0.2) is 0 Å². The Morgan fingerprint density at radius 3 is 2.58 bits per heavy atom. The molecule has 0 atom stereocenters. The van der Waals surface area contributed by atoms with Crippen molar-refractivity contribution in [3.05, 3.63) is 35.3 Å². The smallest absolute Gasteiger partial charge is 0.258 e. The van der Waals surface area contributed by atoms with Gasteiger partial charge in [0.05, 0.1) is 8.49 Å². The first kappa shape index (κ1) is 10.2. The van der Waals surface area contributed by atoms with E-state index in [-0.39, 0.29) is 10.7 Å². The zero-order valence-electron chi connectivity index (χ0n) is 5.55. The van der Waals surface area contributed by atoms with E-state index in [0.717, 1.165) is 0 Å². The van der Waals surface area contributed by atoms with Crippen molar-refractivity contribution in [2.24, 2.45) is 0 Å². The molecule has 1 rings (SSSR count). The first-order valence-corrected chi connectivity index (χ1v) is 5.07. The van der Waals surface area contributed by atoms with Crippen LogP contribution in [-0.2, 0) is 0 Å². The van der Waals surface area contributed by atoms with Crippen LogP contribution in [0.4, 0.5) is 5.69 Å². The highest BCUT2D eigenvalue weighted by atomic mass is 127. The summed E-state index contributed by atoms with van der Waals surface area (Å²) >= 11 is 10.7. The second kappa shape index (κ2) is 3.89. The van der Waals surface area contributed by atoms with Crippen molar-refractivity contribution in [2.75, 3.05) is 0 Å². The normalized spacial score (nSPS) is 9.92. The Morgan fingerprint density at radius 2 is 2.17 bits per heavy atom. The fourth-order valence-electron chi connectivity index (χ4n) is 0.684. The van der Waals surface area contributed by atoms with Gasteiger partial charge in [-0.2, -0.15) is 0 Å². The Kier molecular flexibility index (Phi) is 3.30. The van der Waals surface area contributed by atoms with E-state index in [1.165, 1.54) is 0 Å². The molecule has 0 N–H and O–H groups in total. The number of hydrogen-bond acceptors (Lipinski definition) is 2. The van der Waals surface area contributed by atoms with Gasteiger partial charge in [0.25, 0.3) is 0 Å². The van der Waals surface area contributed by atoms with Gasteiger partial charge in [-0.3, -0.25) is 10.1 Å². The van der Waals surface area contributed by atoms with Crippen LogP contribution in [0.5, 0.6) is 0 Å². The third kappa shape index (κ3) is 1.89. The Labute approximate surface area is 95.5 Å². The average molecular weight is 362 g/mol. The van der Waals surface area contributed by atoms with Crippen LogP contribution in [0.1, 0.15) is 0 Å². The number of nitrogens with zero attached hydrogens (tertiary/aromatic N) is 1. The van der Waals surface area contributed by atoms with Crippen LogP contribution in [0.3, 0.4) is 0 Å². The van der Waals surface area contributed by atoms with E-state index in [1.807, 2.05) is 22.6 Å². The summed E-state index contributed by atoms with van der Waals surface area (Å²) in [5.41, 5.74) is -0.0494. The van der Waals surface area contributed by atoms with Crippen molar-refractivity contribution in [3.8, 4) is 0 Å². The molecule has 6 heteroatoms. The van der Waals surface area contributed by atoms with E-state index in [0.29, 0.717) is 8.04 Å². The molecule has 0 aliphatic heterocycles. The Balaban J connectivity index is 3.43. The molecule has 1 aromatic carbocycles. The molecular formula is C6H2BrClINO2. The summed E-state index contributed by atoms with van der Waals surface area (Å²) in [7, 11) is 0. The van der Waals surface area contributed by atoms with E-state index in [9.17, 15) is 10.1 Å². The maximum absolute atomic E-state index is 10.5. The van der Waals surface area contributed by atoms with Gasteiger partial charge < -0.3 is 0 Å². The van der Waals surface area contributed by atoms with E-state index in [1.54, 1.807) is 12.1 Å². The number of nitro groups is 1. The van der Waals surface area contributed by atoms with Gasteiger partial charge in [-0.05, 0) is 50.7 Å². The lowest BCUT2D eigenvalue weighted by molar-refractivity contribution is -0.385. The van der Waals surface area contributed by atoms with Crippen LogP contribution in [0.2, 0.25) is 5.02 Å². The maximum atomic E-state index is 10.5. The molecule has 0 aliphatic rings. The van der Waals surface area contributed by atoms with Crippen LogP contribution in [0, 0.1) is 13.7 Å². The van der Waals surface area contributed by atoms with Gasteiger partial charge in [0.1, 0.15) is 5.02 Å². The minimum absolute atomic E-state index is 0.0494. The molecule has 0 unspecified atom stereocenters. The van der Waals surface area contributed by atoms with Crippen molar-refractivity contribution < 1.29 is 4.92 Å². The number of rotatable bonds is 1. The highest BCUT2D eigenvalue weighted by Gasteiger charge is 2.18. The SMILES string of the molecule is O=[N+]([O-])c1c(I)ccc(Br)c1Cl. The fraction of sp³-hybridized carbons (Fsp3) is 0. The van der Waals surface area contributed by atoms with Gasteiger partial charge in [-0.15, -0.1) is 0 Å². The summed E-state index contributed by atoms with van der Waals surface area (Å²) in [6.45, 7) is 0. The van der Waals surface area contributed by atoms with E-state index < -0.39 is 4.92 Å². The third-order valence-corrected chi connectivity index (χ3v) is 3.34. The van der Waals surface area contributed by atoms with E-state index >= 15 is 0 Å². The largest absolute Gasteiger partial charge is 0.302 e. The molecule has 0 fully saturated rings. The minimum atomic E-state index is -0.491. The number of halogens is 3. The lowest BCUT2D eigenvalue weighted by Crippen LogP contribution is -1.92. The van der Waals surface area contributed by atoms with Crippen LogP contribution < -0.4 is 0 Å². The van der Waals surface area contributed by atoms with Crippen molar-refractivity contribution in [1.29, 1.82) is 0 Å². The predicted molar refractivity (Wildman–Crippen MR) is 58.5 cm³/mol. The summed E-state index contributed by atoms with van der Waals surface area (Å²) in [5.74, 6) is 0. The van der Waals surface area contributed by atoms with Crippen LogP contribution in [0.15, 0.2) is 16.6 Å². The maximum Gasteiger partial charge on any atom is 0.302 e. The summed E-state index contributed by atoms with van der Waals surface area (Å²) in [4.78, 5) is 10.00. The Hall–Kier alpha value is 0.120. The molecule has 3 nitrogen and oxygen atoms in total. The second-order valence-electron chi connectivity index (χ2n) is 1.95. The summed E-state index contributed by atoms with van der Waals surface area (Å²) in [5, 5.41) is 10.6. The second-order valence-corrected chi connectivity index (χ2v) is 4.34. The van der Waals surface area contributed by atoms with E-state index in [2.05, 4.69) is 15.9 Å². The molecule has 0 heterocycles. The molecule has 0 radical (unpaired) electrons. The van der Waals surface area contributed by atoms with E-state index in [4.69, 9.17) is 11.6 Å². The van der Waals surface area contributed by atoms with Gasteiger partial charge >= 0.3 is 5.69 Å².